The molecular weight excluding hydrogens is 636 g/mol. The number of hydrogen-bond donors (Lipinski definition) is 1. The molecule has 12 nitrogen and oxygen atoms in total. The number of ketones is 1. The highest BCUT2D eigenvalue weighted by atomic mass is 16.6. The number of ether oxygens (including phenoxy) is 5. The fourth-order valence-electron chi connectivity index (χ4n) is 7.93. The lowest BCUT2D eigenvalue weighted by molar-refractivity contribution is -0.253. The minimum Gasteiger partial charge on any atom is -0.462 e. The first-order valence-electron chi connectivity index (χ1n) is 16.0. The second-order valence-corrected chi connectivity index (χ2v) is 13.7. The number of fused-ring (bicyclic) bond motifs is 3. The number of esters is 5. The van der Waals surface area contributed by atoms with Crippen LogP contribution in [0.3, 0.4) is 0 Å². The molecule has 3 aliphatic carbocycles. The zero-order valence-electron chi connectivity index (χ0n) is 29.1. The molecule has 0 aromatic heterocycles. The first-order chi connectivity index (χ1) is 22.7. The van der Waals surface area contributed by atoms with E-state index in [9.17, 15) is 33.9 Å². The molecule has 3 aliphatic rings. The largest absolute Gasteiger partial charge is 0.462 e. The Morgan fingerprint density at radius 2 is 1.39 bits per heavy atom. The van der Waals surface area contributed by atoms with E-state index in [1.54, 1.807) is 51.1 Å². The monoisotopic (exact) mass is 680 g/mol. The van der Waals surface area contributed by atoms with Crippen LogP contribution < -0.4 is 0 Å². The molecule has 0 spiro atoms. The SMILES string of the molecule is C=C1[C@@H](OC(=O)/C=C/c2ccccc2)C[C@H](OC(C)=O)[C@@]2(C)[C@@H](OC(C)=O)[C@H](OC(C)=O)C3=C(C)C(=O)C[C@@](O)([C@@H](OC(C)=O)[C@H]12)C3(C)C. The van der Waals surface area contributed by atoms with Crippen molar-refractivity contribution < 1.29 is 57.6 Å². The van der Waals surface area contributed by atoms with Gasteiger partial charge in [0.1, 0.15) is 23.9 Å². The van der Waals surface area contributed by atoms with Crippen molar-refractivity contribution in [2.24, 2.45) is 16.7 Å². The summed E-state index contributed by atoms with van der Waals surface area (Å²) in [5.74, 6) is -5.75. The maximum Gasteiger partial charge on any atom is 0.331 e. The summed E-state index contributed by atoms with van der Waals surface area (Å²) in [6.07, 6.45) is -4.95. The van der Waals surface area contributed by atoms with Crippen molar-refractivity contribution in [1.82, 2.24) is 0 Å². The topological polar surface area (TPSA) is 169 Å². The van der Waals surface area contributed by atoms with Gasteiger partial charge < -0.3 is 28.8 Å². The smallest absolute Gasteiger partial charge is 0.331 e. The first-order valence-corrected chi connectivity index (χ1v) is 16.0. The third-order valence-electron chi connectivity index (χ3n) is 10.2. The van der Waals surface area contributed by atoms with Gasteiger partial charge in [0, 0.05) is 57.9 Å². The van der Waals surface area contributed by atoms with E-state index >= 15 is 0 Å². The molecule has 0 aliphatic heterocycles. The predicted octanol–water partition coefficient (Wildman–Crippen LogP) is 3.98. The van der Waals surface area contributed by atoms with Gasteiger partial charge in [-0.2, -0.15) is 0 Å². The highest BCUT2D eigenvalue weighted by Crippen LogP contribution is 2.62. The molecule has 1 aromatic carbocycles. The fraction of sp³-hybridized carbons (Fsp3) is 0.514. The van der Waals surface area contributed by atoms with Crippen LogP contribution in [0, 0.1) is 16.7 Å². The molecule has 1 N–H and O–H groups in total. The normalized spacial score (nSPS) is 32.3. The summed E-state index contributed by atoms with van der Waals surface area (Å²) in [4.78, 5) is 78.1. The van der Waals surface area contributed by atoms with Crippen molar-refractivity contribution in [2.45, 2.75) is 104 Å². The summed E-state index contributed by atoms with van der Waals surface area (Å²) in [7, 11) is 0. The maximum absolute atomic E-state index is 13.7. The van der Waals surface area contributed by atoms with Gasteiger partial charge in [-0.1, -0.05) is 57.7 Å². The number of allylic oxidation sites excluding steroid dienone is 1. The summed E-state index contributed by atoms with van der Waals surface area (Å²) in [5, 5.41) is 12.8. The molecular formula is C37H44O12. The highest BCUT2D eigenvalue weighted by Gasteiger charge is 2.72. The Hall–Kier alpha value is -4.58. The van der Waals surface area contributed by atoms with Gasteiger partial charge in [-0.3, -0.25) is 24.0 Å². The lowest BCUT2D eigenvalue weighted by atomic mass is 9.47. The molecule has 0 saturated heterocycles. The predicted molar refractivity (Wildman–Crippen MR) is 174 cm³/mol. The van der Waals surface area contributed by atoms with Crippen molar-refractivity contribution in [2.75, 3.05) is 0 Å². The van der Waals surface area contributed by atoms with Crippen molar-refractivity contribution in [1.29, 1.82) is 0 Å². The quantitative estimate of drug-likeness (QED) is 0.191. The van der Waals surface area contributed by atoms with Crippen LogP contribution in [0.15, 0.2) is 59.7 Å². The van der Waals surface area contributed by atoms with Gasteiger partial charge in [0.15, 0.2) is 18.0 Å². The Kier molecular flexibility index (Phi) is 10.4. The molecule has 4 rings (SSSR count). The van der Waals surface area contributed by atoms with Crippen molar-refractivity contribution in [3.8, 4) is 0 Å². The number of benzene rings is 1. The molecule has 264 valence electrons. The molecule has 1 aromatic rings. The fourth-order valence-corrected chi connectivity index (χ4v) is 7.93. The Balaban J connectivity index is 2.03. The van der Waals surface area contributed by atoms with Gasteiger partial charge in [0.05, 0.1) is 5.41 Å². The summed E-state index contributed by atoms with van der Waals surface area (Å²) < 4.78 is 29.6. The van der Waals surface area contributed by atoms with Crippen LogP contribution in [0.5, 0.6) is 0 Å². The van der Waals surface area contributed by atoms with Crippen molar-refractivity contribution >= 4 is 41.7 Å². The van der Waals surface area contributed by atoms with Crippen LogP contribution in [0.1, 0.15) is 73.8 Å². The molecule has 49 heavy (non-hydrogen) atoms. The zero-order valence-corrected chi connectivity index (χ0v) is 29.1. The van der Waals surface area contributed by atoms with Crippen LogP contribution in [0.2, 0.25) is 0 Å². The second-order valence-electron chi connectivity index (χ2n) is 13.7. The maximum atomic E-state index is 13.7. The number of aliphatic hydroxyl groups is 1. The van der Waals surface area contributed by atoms with Gasteiger partial charge in [0.2, 0.25) is 0 Å². The lowest BCUT2D eigenvalue weighted by Gasteiger charge is -2.63. The molecule has 2 bridgehead atoms. The van der Waals surface area contributed by atoms with E-state index in [-0.39, 0.29) is 23.1 Å². The minimum absolute atomic E-state index is 0.128. The highest BCUT2D eigenvalue weighted by molar-refractivity contribution is 5.98. The van der Waals surface area contributed by atoms with E-state index in [0.29, 0.717) is 0 Å². The average Bonchev–Trinajstić information content (AvgIpc) is 2.99. The molecule has 8 atom stereocenters. The van der Waals surface area contributed by atoms with Gasteiger partial charge in [-0.25, -0.2) is 4.79 Å². The van der Waals surface area contributed by atoms with Gasteiger partial charge in [-0.15, -0.1) is 0 Å². The standard InChI is InChI=1S/C37H44O12/c1-19-26(42)18-37(44)33(47-23(5)40)31-20(2)27(49-29(43)16-15-25-13-11-10-12-14-25)17-28(45-21(3)38)36(31,9)34(48-24(6)41)32(46-22(4)39)30(19)35(37,7)8/h10-16,27-28,31-34,44H,2,17-18H2,1,3-9H3/b16-15+/t27-,28-,31-,32+,33-,34-,36+,37+/m0/s1. The lowest BCUT2D eigenvalue weighted by Crippen LogP contribution is -2.73. The number of carbonyl (C=O) groups is 6. The summed E-state index contributed by atoms with van der Waals surface area (Å²) >= 11 is 0. The van der Waals surface area contributed by atoms with Gasteiger partial charge in [0.25, 0.3) is 0 Å². The Labute approximate surface area is 285 Å². The molecule has 12 heteroatoms. The van der Waals surface area contributed by atoms with Crippen LogP contribution in [0.4, 0.5) is 0 Å². The summed E-state index contributed by atoms with van der Waals surface area (Å²) in [5.41, 5.74) is -4.15. The van der Waals surface area contributed by atoms with Crippen LogP contribution in [-0.4, -0.2) is 76.9 Å². The van der Waals surface area contributed by atoms with Gasteiger partial charge in [-0.05, 0) is 35.3 Å². The number of hydrogen-bond acceptors (Lipinski definition) is 12. The Bertz CT molecular complexity index is 1620. The van der Waals surface area contributed by atoms with E-state index in [0.717, 1.165) is 26.3 Å². The van der Waals surface area contributed by atoms with Gasteiger partial charge >= 0.3 is 29.8 Å². The van der Waals surface area contributed by atoms with Crippen LogP contribution >= 0.6 is 0 Å². The molecule has 0 radical (unpaired) electrons. The molecule has 0 amide bonds. The molecule has 2 saturated carbocycles. The number of carbonyl (C=O) groups excluding carboxylic acids is 6. The van der Waals surface area contributed by atoms with E-state index in [4.69, 9.17) is 23.7 Å². The number of Topliss-reactive ketones (excluding diaryl/α,β-unsaturated/α-hetero) is 1. The molecule has 0 unspecified atom stereocenters. The zero-order chi connectivity index (χ0) is 36.6. The van der Waals surface area contributed by atoms with E-state index < -0.39 is 94.9 Å². The minimum atomic E-state index is -2.18. The van der Waals surface area contributed by atoms with E-state index in [1.807, 2.05) is 6.07 Å². The van der Waals surface area contributed by atoms with Crippen molar-refractivity contribution in [3.05, 3.63) is 65.3 Å². The Morgan fingerprint density at radius 3 is 1.94 bits per heavy atom. The first kappa shape index (κ1) is 37.2. The van der Waals surface area contributed by atoms with Crippen molar-refractivity contribution in [3.63, 3.8) is 0 Å². The number of rotatable bonds is 7. The van der Waals surface area contributed by atoms with Crippen LogP contribution in [0.25, 0.3) is 6.08 Å². The summed E-state index contributed by atoms with van der Waals surface area (Å²) in [6, 6.07) is 9.00. The van der Waals surface area contributed by atoms with Crippen LogP contribution in [-0.2, 0) is 52.5 Å². The summed E-state index contributed by atoms with van der Waals surface area (Å²) in [6.45, 7) is 15.2. The third-order valence-corrected chi connectivity index (χ3v) is 10.2. The Morgan fingerprint density at radius 1 is 0.837 bits per heavy atom. The third kappa shape index (κ3) is 6.83. The second kappa shape index (κ2) is 13.7. The molecule has 2 fully saturated rings. The van der Waals surface area contributed by atoms with E-state index in [1.165, 1.54) is 19.9 Å². The van der Waals surface area contributed by atoms with E-state index in [2.05, 4.69) is 6.58 Å². The molecule has 0 heterocycles. The average molecular weight is 681 g/mol.